The van der Waals surface area contributed by atoms with Gasteiger partial charge in [-0.2, -0.15) is 0 Å². The average molecular weight is 341 g/mol. The fraction of sp³-hybridized carbons (Fsp3) is 0.688. The van der Waals surface area contributed by atoms with Gasteiger partial charge in [0.15, 0.2) is 0 Å². The zero-order valence-electron chi connectivity index (χ0n) is 14.2. The van der Waals surface area contributed by atoms with E-state index >= 15 is 0 Å². The van der Waals surface area contributed by atoms with Gasteiger partial charge in [0.1, 0.15) is 11.4 Å². The predicted molar refractivity (Wildman–Crippen MR) is 91.0 cm³/mol. The third kappa shape index (κ3) is 5.86. The quantitative estimate of drug-likeness (QED) is 0.856. The lowest BCUT2D eigenvalue weighted by Crippen LogP contribution is -2.42. The molecule has 1 aliphatic heterocycles. The highest BCUT2D eigenvalue weighted by Gasteiger charge is 2.23. The van der Waals surface area contributed by atoms with Crippen LogP contribution in [0.2, 0.25) is 5.28 Å². The molecule has 0 aliphatic carbocycles. The number of anilines is 1. The summed E-state index contributed by atoms with van der Waals surface area (Å²) in [5.74, 6) is 1.22. The first kappa shape index (κ1) is 17.8. The van der Waals surface area contributed by atoms with E-state index in [0.717, 1.165) is 37.4 Å². The second-order valence-electron chi connectivity index (χ2n) is 6.97. The molecule has 0 aromatic carbocycles. The van der Waals surface area contributed by atoms with Gasteiger partial charge in [-0.3, -0.25) is 0 Å². The van der Waals surface area contributed by atoms with Crippen molar-refractivity contribution in [1.82, 2.24) is 15.3 Å². The summed E-state index contributed by atoms with van der Waals surface area (Å²) in [5.41, 5.74) is 0.381. The minimum Gasteiger partial charge on any atom is -0.444 e. The minimum absolute atomic E-state index is 0.272. The van der Waals surface area contributed by atoms with Crippen molar-refractivity contribution in [3.05, 3.63) is 17.0 Å². The highest BCUT2D eigenvalue weighted by molar-refractivity contribution is 6.28. The van der Waals surface area contributed by atoms with Gasteiger partial charge >= 0.3 is 6.09 Å². The number of nitrogens with zero attached hydrogens (tertiary/aromatic N) is 3. The molecule has 23 heavy (non-hydrogen) atoms. The second-order valence-corrected chi connectivity index (χ2v) is 7.31. The zero-order valence-corrected chi connectivity index (χ0v) is 15.0. The van der Waals surface area contributed by atoms with Crippen LogP contribution in [0.4, 0.5) is 10.6 Å². The van der Waals surface area contributed by atoms with Crippen molar-refractivity contribution in [3.63, 3.8) is 0 Å². The second kappa shape index (κ2) is 7.34. The number of hydrogen-bond acceptors (Lipinski definition) is 5. The Balaban J connectivity index is 1.89. The van der Waals surface area contributed by atoms with E-state index < -0.39 is 5.60 Å². The van der Waals surface area contributed by atoms with Crippen LogP contribution in [0.5, 0.6) is 0 Å². The fourth-order valence-electron chi connectivity index (χ4n) is 2.66. The van der Waals surface area contributed by atoms with Crippen LogP contribution in [0.15, 0.2) is 6.07 Å². The van der Waals surface area contributed by atoms with Gasteiger partial charge in [-0.05, 0) is 58.1 Å². The first-order valence-corrected chi connectivity index (χ1v) is 8.34. The van der Waals surface area contributed by atoms with E-state index in [1.165, 1.54) is 0 Å². The molecular weight excluding hydrogens is 316 g/mol. The van der Waals surface area contributed by atoms with Crippen molar-refractivity contribution in [2.75, 3.05) is 24.5 Å². The number of carbonyl (C=O) groups is 1. The van der Waals surface area contributed by atoms with E-state index in [1.54, 1.807) is 0 Å². The Kier molecular flexibility index (Phi) is 5.68. The van der Waals surface area contributed by atoms with Gasteiger partial charge in [0.25, 0.3) is 0 Å². The third-order valence-corrected chi connectivity index (χ3v) is 3.76. The van der Waals surface area contributed by atoms with E-state index in [-0.39, 0.29) is 11.4 Å². The highest BCUT2D eigenvalue weighted by Crippen LogP contribution is 2.23. The maximum absolute atomic E-state index is 11.8. The molecule has 0 saturated carbocycles. The van der Waals surface area contributed by atoms with E-state index in [2.05, 4.69) is 20.2 Å². The average Bonchev–Trinajstić information content (AvgIpc) is 2.43. The van der Waals surface area contributed by atoms with Gasteiger partial charge in [-0.1, -0.05) is 0 Å². The van der Waals surface area contributed by atoms with E-state index in [0.29, 0.717) is 12.5 Å². The van der Waals surface area contributed by atoms with Crippen LogP contribution in [-0.4, -0.2) is 41.3 Å². The molecule has 1 atom stereocenters. The molecule has 128 valence electrons. The number of halogens is 1. The minimum atomic E-state index is -0.474. The SMILES string of the molecule is Cc1cc(N2CCC[C@H](CNC(=O)OC(C)(C)C)C2)nc(Cl)n1. The fourth-order valence-corrected chi connectivity index (χ4v) is 2.88. The number of hydrogen-bond donors (Lipinski definition) is 1. The summed E-state index contributed by atoms with van der Waals surface area (Å²) in [4.78, 5) is 22.4. The van der Waals surface area contributed by atoms with Crippen LogP contribution in [0, 0.1) is 12.8 Å². The van der Waals surface area contributed by atoms with E-state index in [4.69, 9.17) is 16.3 Å². The van der Waals surface area contributed by atoms with E-state index in [9.17, 15) is 4.79 Å². The van der Waals surface area contributed by atoms with Crippen LogP contribution < -0.4 is 10.2 Å². The van der Waals surface area contributed by atoms with E-state index in [1.807, 2.05) is 33.8 Å². The van der Waals surface area contributed by atoms with Crippen molar-refractivity contribution in [1.29, 1.82) is 0 Å². The van der Waals surface area contributed by atoms with Crippen molar-refractivity contribution in [2.24, 2.45) is 5.92 Å². The number of aryl methyl sites for hydroxylation is 1. The topological polar surface area (TPSA) is 67.4 Å². The molecule has 1 aromatic heterocycles. The van der Waals surface area contributed by atoms with Crippen LogP contribution >= 0.6 is 11.6 Å². The lowest BCUT2D eigenvalue weighted by atomic mass is 9.98. The molecule has 0 spiro atoms. The predicted octanol–water partition coefficient (Wildman–Crippen LogP) is 3.18. The summed E-state index contributed by atoms with van der Waals surface area (Å²) in [6, 6.07) is 1.94. The van der Waals surface area contributed by atoms with Crippen molar-refractivity contribution < 1.29 is 9.53 Å². The number of nitrogens with one attached hydrogen (secondary N) is 1. The molecule has 2 heterocycles. The van der Waals surface area contributed by atoms with Crippen molar-refractivity contribution in [3.8, 4) is 0 Å². The third-order valence-electron chi connectivity index (χ3n) is 3.59. The molecule has 0 radical (unpaired) electrons. The highest BCUT2D eigenvalue weighted by atomic mass is 35.5. The lowest BCUT2D eigenvalue weighted by molar-refractivity contribution is 0.0517. The van der Waals surface area contributed by atoms with Crippen LogP contribution in [-0.2, 0) is 4.74 Å². The summed E-state index contributed by atoms with van der Waals surface area (Å²) in [6.45, 7) is 9.85. The Morgan fingerprint density at radius 1 is 1.48 bits per heavy atom. The van der Waals surface area contributed by atoms with Crippen LogP contribution in [0.3, 0.4) is 0 Å². The molecular formula is C16H25ClN4O2. The molecule has 7 heteroatoms. The van der Waals surface area contributed by atoms with Crippen molar-refractivity contribution >= 4 is 23.5 Å². The normalized spacial score (nSPS) is 18.7. The maximum atomic E-state index is 11.8. The molecule has 1 aliphatic rings. The van der Waals surface area contributed by atoms with Gasteiger partial charge in [0.2, 0.25) is 5.28 Å². The van der Waals surface area contributed by atoms with Gasteiger partial charge in [0, 0.05) is 31.4 Å². The number of aromatic nitrogens is 2. The monoisotopic (exact) mass is 340 g/mol. The number of amides is 1. The number of carbonyl (C=O) groups excluding carboxylic acids is 1. The molecule has 1 amide bonds. The summed E-state index contributed by atoms with van der Waals surface area (Å²) in [5, 5.41) is 3.13. The Bertz CT molecular complexity index is 539. The number of ether oxygens (including phenoxy) is 1. The molecule has 0 bridgehead atoms. The Morgan fingerprint density at radius 2 is 2.22 bits per heavy atom. The van der Waals surface area contributed by atoms with Gasteiger partial charge < -0.3 is 15.0 Å². The van der Waals surface area contributed by atoms with Gasteiger partial charge in [-0.15, -0.1) is 0 Å². The molecule has 0 unspecified atom stereocenters. The summed E-state index contributed by atoms with van der Waals surface area (Å²) >= 11 is 5.95. The molecule has 1 N–H and O–H groups in total. The van der Waals surface area contributed by atoms with Crippen molar-refractivity contribution in [2.45, 2.75) is 46.1 Å². The zero-order chi connectivity index (χ0) is 17.0. The summed E-state index contributed by atoms with van der Waals surface area (Å²) < 4.78 is 5.27. The molecule has 1 aromatic rings. The Labute approximate surface area is 142 Å². The van der Waals surface area contributed by atoms with Crippen LogP contribution in [0.25, 0.3) is 0 Å². The number of rotatable bonds is 3. The number of alkyl carbamates (subject to hydrolysis) is 1. The first-order valence-electron chi connectivity index (χ1n) is 7.96. The molecule has 1 fully saturated rings. The van der Waals surface area contributed by atoms with Gasteiger partial charge in [-0.25, -0.2) is 14.8 Å². The van der Waals surface area contributed by atoms with Crippen LogP contribution in [0.1, 0.15) is 39.3 Å². The largest absolute Gasteiger partial charge is 0.444 e. The molecule has 1 saturated heterocycles. The molecule has 6 nitrogen and oxygen atoms in total. The van der Waals surface area contributed by atoms with Gasteiger partial charge in [0.05, 0.1) is 0 Å². The standard InChI is InChI=1S/C16H25ClN4O2/c1-11-8-13(20-14(17)19-11)21-7-5-6-12(10-21)9-18-15(22)23-16(2,3)4/h8,12H,5-7,9-10H2,1-4H3,(H,18,22)/t12-/m1/s1. The smallest absolute Gasteiger partial charge is 0.407 e. The Morgan fingerprint density at radius 3 is 2.87 bits per heavy atom. The first-order chi connectivity index (χ1) is 10.7. The Hall–Kier alpha value is -1.56. The summed E-state index contributed by atoms with van der Waals surface area (Å²) in [6.07, 6.45) is 1.77. The lowest BCUT2D eigenvalue weighted by Gasteiger charge is -2.33. The molecule has 2 rings (SSSR count). The maximum Gasteiger partial charge on any atom is 0.407 e. The summed E-state index contributed by atoms with van der Waals surface area (Å²) in [7, 11) is 0. The number of piperidine rings is 1.